The number of hydrogen-bond donors (Lipinski definition) is 0. The van der Waals surface area contributed by atoms with Gasteiger partial charge in [-0.3, -0.25) is 0 Å². The second kappa shape index (κ2) is 8.95. The zero-order valence-electron chi connectivity index (χ0n) is 15.0. The van der Waals surface area contributed by atoms with E-state index in [-0.39, 0.29) is 0 Å². The fraction of sp³-hybridized carbons (Fsp3) is 0.895. The van der Waals surface area contributed by atoms with Crippen molar-refractivity contribution in [2.45, 2.75) is 85.5 Å². The van der Waals surface area contributed by atoms with Gasteiger partial charge < -0.3 is 9.47 Å². The Morgan fingerprint density at radius 1 is 1.19 bits per heavy atom. The minimum Gasteiger partial charge on any atom is -0.377 e. The van der Waals surface area contributed by atoms with Crippen LogP contribution in [0.5, 0.6) is 0 Å². The molecule has 1 rings (SSSR count). The molecule has 5 unspecified atom stereocenters. The summed E-state index contributed by atoms with van der Waals surface area (Å²) in [5.41, 5.74) is 1.29. The van der Waals surface area contributed by atoms with Crippen LogP contribution in [-0.4, -0.2) is 24.9 Å². The summed E-state index contributed by atoms with van der Waals surface area (Å²) in [6.45, 7) is 18.1. The van der Waals surface area contributed by atoms with Gasteiger partial charge in [0.05, 0.1) is 18.3 Å². The lowest BCUT2D eigenvalue weighted by Crippen LogP contribution is -2.33. The number of ether oxygens (including phenoxy) is 2. The molecule has 0 heterocycles. The van der Waals surface area contributed by atoms with Crippen LogP contribution >= 0.6 is 0 Å². The highest BCUT2D eigenvalue weighted by atomic mass is 16.5. The fourth-order valence-electron chi connectivity index (χ4n) is 3.52. The summed E-state index contributed by atoms with van der Waals surface area (Å²) in [6, 6.07) is 0. The van der Waals surface area contributed by atoms with Crippen LogP contribution in [0.3, 0.4) is 0 Å². The van der Waals surface area contributed by atoms with Crippen LogP contribution in [0.15, 0.2) is 12.2 Å². The monoisotopic (exact) mass is 296 g/mol. The molecular weight excluding hydrogens is 260 g/mol. The third kappa shape index (κ3) is 6.97. The van der Waals surface area contributed by atoms with Gasteiger partial charge in [-0.1, -0.05) is 26.0 Å². The zero-order valence-corrected chi connectivity index (χ0v) is 15.0. The lowest BCUT2D eigenvalue weighted by Gasteiger charge is -2.36. The fourth-order valence-corrected chi connectivity index (χ4v) is 3.52. The maximum absolute atomic E-state index is 6.28. The lowest BCUT2D eigenvalue weighted by atomic mass is 9.77. The van der Waals surface area contributed by atoms with E-state index in [0.29, 0.717) is 30.1 Å². The smallest absolute Gasteiger partial charge is 0.0642 e. The highest BCUT2D eigenvalue weighted by Gasteiger charge is 2.30. The second-order valence-corrected chi connectivity index (χ2v) is 7.58. The average Bonchev–Trinajstić information content (AvgIpc) is 2.34. The number of rotatable bonds is 8. The molecule has 2 nitrogen and oxygen atoms in total. The summed E-state index contributed by atoms with van der Waals surface area (Å²) < 4.78 is 12.1. The Kier molecular flexibility index (Phi) is 7.97. The molecule has 0 amide bonds. The molecule has 0 aromatic carbocycles. The van der Waals surface area contributed by atoms with Crippen molar-refractivity contribution >= 4 is 0 Å². The van der Waals surface area contributed by atoms with Crippen molar-refractivity contribution in [1.82, 2.24) is 0 Å². The molecule has 5 atom stereocenters. The van der Waals surface area contributed by atoms with Gasteiger partial charge >= 0.3 is 0 Å². The van der Waals surface area contributed by atoms with Crippen molar-refractivity contribution in [3.05, 3.63) is 12.2 Å². The van der Waals surface area contributed by atoms with Crippen molar-refractivity contribution in [1.29, 1.82) is 0 Å². The summed E-state index contributed by atoms with van der Waals surface area (Å²) in [5.74, 6) is 1.88. The Labute approximate surface area is 132 Å². The first-order valence-electron chi connectivity index (χ1n) is 8.72. The largest absolute Gasteiger partial charge is 0.377 e. The summed E-state index contributed by atoms with van der Waals surface area (Å²) >= 11 is 0. The van der Waals surface area contributed by atoms with Crippen molar-refractivity contribution in [2.75, 3.05) is 6.61 Å². The molecule has 0 saturated heterocycles. The zero-order chi connectivity index (χ0) is 16.0. The van der Waals surface area contributed by atoms with E-state index in [0.717, 1.165) is 18.9 Å². The highest BCUT2D eigenvalue weighted by Crippen LogP contribution is 2.35. The van der Waals surface area contributed by atoms with Crippen molar-refractivity contribution in [3.8, 4) is 0 Å². The summed E-state index contributed by atoms with van der Waals surface area (Å²) in [6.07, 6.45) is 5.79. The molecule has 21 heavy (non-hydrogen) atoms. The quantitative estimate of drug-likeness (QED) is 0.571. The third-order valence-corrected chi connectivity index (χ3v) is 4.52. The standard InChI is InChI=1S/C19H36O2/c1-13(2)18-9-8-15(5)11-19(18)20-12-16(6)10-17(7)21-14(3)4/h14-19H,1,8-12H2,2-7H3. The van der Waals surface area contributed by atoms with E-state index in [1.54, 1.807) is 0 Å². The lowest BCUT2D eigenvalue weighted by molar-refractivity contribution is -0.0421. The van der Waals surface area contributed by atoms with Gasteiger partial charge in [0, 0.05) is 12.5 Å². The van der Waals surface area contributed by atoms with Crippen LogP contribution in [-0.2, 0) is 9.47 Å². The van der Waals surface area contributed by atoms with E-state index in [4.69, 9.17) is 9.47 Å². The van der Waals surface area contributed by atoms with E-state index in [1.807, 2.05) is 0 Å². The van der Waals surface area contributed by atoms with Crippen molar-refractivity contribution in [3.63, 3.8) is 0 Å². The minimum absolute atomic E-state index is 0.306. The molecule has 0 aromatic rings. The van der Waals surface area contributed by atoms with Crippen molar-refractivity contribution in [2.24, 2.45) is 17.8 Å². The van der Waals surface area contributed by atoms with E-state index in [9.17, 15) is 0 Å². The van der Waals surface area contributed by atoms with Gasteiger partial charge in [0.1, 0.15) is 0 Å². The van der Waals surface area contributed by atoms with Crippen LogP contribution in [0.25, 0.3) is 0 Å². The Balaban J connectivity index is 2.38. The molecular formula is C19H36O2. The Hall–Kier alpha value is -0.340. The summed E-state index contributed by atoms with van der Waals surface area (Å²) in [4.78, 5) is 0. The normalized spacial score (nSPS) is 29.4. The SMILES string of the molecule is C=C(C)C1CCC(C)CC1OCC(C)CC(C)OC(C)C. The molecule has 1 saturated carbocycles. The van der Waals surface area contributed by atoms with Gasteiger partial charge in [0.25, 0.3) is 0 Å². The Morgan fingerprint density at radius 2 is 1.86 bits per heavy atom. The van der Waals surface area contributed by atoms with Gasteiger partial charge in [-0.25, -0.2) is 0 Å². The summed E-state index contributed by atoms with van der Waals surface area (Å²) in [5, 5.41) is 0. The number of hydrogen-bond acceptors (Lipinski definition) is 2. The molecule has 1 aliphatic rings. The molecule has 0 bridgehead atoms. The van der Waals surface area contributed by atoms with Gasteiger partial charge in [-0.2, -0.15) is 0 Å². The Morgan fingerprint density at radius 3 is 2.43 bits per heavy atom. The van der Waals surface area contributed by atoms with Gasteiger partial charge in [-0.15, -0.1) is 0 Å². The van der Waals surface area contributed by atoms with Crippen LogP contribution in [0.2, 0.25) is 0 Å². The molecule has 0 N–H and O–H groups in total. The molecule has 0 spiro atoms. The molecule has 1 aliphatic carbocycles. The first-order chi connectivity index (χ1) is 9.79. The molecule has 0 radical (unpaired) electrons. The molecule has 0 aliphatic heterocycles. The van der Waals surface area contributed by atoms with Crippen LogP contribution in [0.1, 0.15) is 67.2 Å². The average molecular weight is 296 g/mol. The second-order valence-electron chi connectivity index (χ2n) is 7.58. The highest BCUT2D eigenvalue weighted by molar-refractivity contribution is 5.02. The van der Waals surface area contributed by atoms with E-state index < -0.39 is 0 Å². The first-order valence-corrected chi connectivity index (χ1v) is 8.72. The molecule has 0 aromatic heterocycles. The summed E-state index contributed by atoms with van der Waals surface area (Å²) in [7, 11) is 0. The minimum atomic E-state index is 0.306. The predicted molar refractivity (Wildman–Crippen MR) is 90.5 cm³/mol. The van der Waals surface area contributed by atoms with E-state index in [2.05, 4.69) is 48.1 Å². The third-order valence-electron chi connectivity index (χ3n) is 4.52. The first kappa shape index (κ1) is 18.7. The van der Waals surface area contributed by atoms with Gasteiger partial charge in [-0.05, 0) is 65.2 Å². The van der Waals surface area contributed by atoms with E-state index >= 15 is 0 Å². The van der Waals surface area contributed by atoms with Crippen LogP contribution < -0.4 is 0 Å². The Bertz CT molecular complexity index is 311. The van der Waals surface area contributed by atoms with Crippen LogP contribution in [0.4, 0.5) is 0 Å². The van der Waals surface area contributed by atoms with Gasteiger partial charge in [0.2, 0.25) is 0 Å². The van der Waals surface area contributed by atoms with Crippen LogP contribution in [0, 0.1) is 17.8 Å². The molecule has 2 heteroatoms. The van der Waals surface area contributed by atoms with Crippen molar-refractivity contribution < 1.29 is 9.47 Å². The molecule has 1 fully saturated rings. The predicted octanol–water partition coefficient (Wildman–Crippen LogP) is 5.22. The van der Waals surface area contributed by atoms with Gasteiger partial charge in [0.15, 0.2) is 0 Å². The van der Waals surface area contributed by atoms with E-state index in [1.165, 1.54) is 24.8 Å². The maximum atomic E-state index is 6.28. The topological polar surface area (TPSA) is 18.5 Å². The maximum Gasteiger partial charge on any atom is 0.0642 e. The molecule has 124 valence electrons.